The monoisotopic (exact) mass is 453 g/mol. The number of carbonyl (C=O) groups excluding carboxylic acids is 1. The van der Waals surface area contributed by atoms with E-state index >= 15 is 0 Å². The first-order valence-corrected chi connectivity index (χ1v) is 11.6. The molecule has 0 aliphatic rings. The highest BCUT2D eigenvalue weighted by Gasteiger charge is 2.26. The van der Waals surface area contributed by atoms with Crippen LogP contribution in [0.2, 0.25) is 5.02 Å². The van der Waals surface area contributed by atoms with E-state index in [4.69, 9.17) is 16.3 Å². The molecular formula is C21H28ClN3O4S. The SMILES string of the molecule is CCOc1ccc(N[C@@H](C)C(=O)Nc2ccc(Cl)cc2)cc1S(=O)(=O)N(CC)CC. The van der Waals surface area contributed by atoms with Gasteiger partial charge in [-0.05, 0) is 56.3 Å². The van der Waals surface area contributed by atoms with Crippen LogP contribution in [-0.4, -0.2) is 44.4 Å². The minimum Gasteiger partial charge on any atom is -0.492 e. The van der Waals surface area contributed by atoms with Crippen molar-refractivity contribution in [2.75, 3.05) is 30.3 Å². The molecule has 0 spiro atoms. The van der Waals surface area contributed by atoms with E-state index in [1.165, 1.54) is 10.4 Å². The molecule has 0 heterocycles. The quantitative estimate of drug-likeness (QED) is 0.562. The maximum atomic E-state index is 13.1. The molecule has 30 heavy (non-hydrogen) atoms. The molecule has 0 saturated carbocycles. The first kappa shape index (κ1) is 24.0. The Kier molecular flexibility index (Phi) is 8.52. The van der Waals surface area contributed by atoms with Crippen LogP contribution in [0.5, 0.6) is 5.75 Å². The molecule has 0 fully saturated rings. The summed E-state index contributed by atoms with van der Waals surface area (Å²) in [6.45, 7) is 8.10. The number of rotatable bonds is 10. The van der Waals surface area contributed by atoms with E-state index in [-0.39, 0.29) is 16.6 Å². The zero-order valence-corrected chi connectivity index (χ0v) is 19.2. The molecule has 0 aliphatic carbocycles. The number of carbonyl (C=O) groups is 1. The number of benzene rings is 2. The molecule has 2 rings (SSSR count). The average molecular weight is 454 g/mol. The number of nitrogens with one attached hydrogen (secondary N) is 2. The average Bonchev–Trinajstić information content (AvgIpc) is 2.71. The molecule has 0 bridgehead atoms. The normalized spacial score (nSPS) is 12.5. The number of hydrogen-bond acceptors (Lipinski definition) is 5. The van der Waals surface area contributed by atoms with Gasteiger partial charge in [-0.25, -0.2) is 8.42 Å². The van der Waals surface area contributed by atoms with Gasteiger partial charge in [0.05, 0.1) is 6.61 Å². The van der Waals surface area contributed by atoms with Crippen molar-refractivity contribution in [1.29, 1.82) is 0 Å². The Morgan fingerprint density at radius 3 is 2.23 bits per heavy atom. The highest BCUT2D eigenvalue weighted by Crippen LogP contribution is 2.30. The summed E-state index contributed by atoms with van der Waals surface area (Å²) in [6, 6.07) is 11.0. The highest BCUT2D eigenvalue weighted by molar-refractivity contribution is 7.89. The summed E-state index contributed by atoms with van der Waals surface area (Å²) in [6.07, 6.45) is 0. The van der Waals surface area contributed by atoms with Crippen molar-refractivity contribution in [3.8, 4) is 5.75 Å². The lowest BCUT2D eigenvalue weighted by Gasteiger charge is -2.22. The summed E-state index contributed by atoms with van der Waals surface area (Å²) in [7, 11) is -3.73. The number of halogens is 1. The second-order valence-electron chi connectivity index (χ2n) is 6.55. The van der Waals surface area contributed by atoms with Gasteiger partial charge in [-0.15, -0.1) is 0 Å². The van der Waals surface area contributed by atoms with Gasteiger partial charge in [0.2, 0.25) is 15.9 Å². The molecule has 2 aromatic carbocycles. The van der Waals surface area contributed by atoms with Crippen molar-refractivity contribution in [2.45, 2.75) is 38.6 Å². The van der Waals surface area contributed by atoms with Crippen LogP contribution in [-0.2, 0) is 14.8 Å². The summed E-state index contributed by atoms with van der Waals surface area (Å²) >= 11 is 5.86. The van der Waals surface area contributed by atoms with E-state index in [2.05, 4.69) is 10.6 Å². The van der Waals surface area contributed by atoms with Crippen molar-refractivity contribution >= 4 is 38.9 Å². The number of ether oxygens (including phenoxy) is 1. The molecule has 0 saturated heterocycles. The Morgan fingerprint density at radius 2 is 1.67 bits per heavy atom. The van der Waals surface area contributed by atoms with Gasteiger partial charge >= 0.3 is 0 Å². The van der Waals surface area contributed by atoms with Gasteiger partial charge < -0.3 is 15.4 Å². The molecule has 0 unspecified atom stereocenters. The second kappa shape index (κ2) is 10.7. The minimum absolute atomic E-state index is 0.0726. The number of nitrogens with zero attached hydrogens (tertiary/aromatic N) is 1. The van der Waals surface area contributed by atoms with Crippen molar-refractivity contribution in [2.24, 2.45) is 0 Å². The lowest BCUT2D eigenvalue weighted by atomic mass is 10.2. The molecule has 164 valence electrons. The molecule has 0 radical (unpaired) electrons. The Labute approximate surface area is 183 Å². The van der Waals surface area contributed by atoms with Gasteiger partial charge in [0.15, 0.2) is 0 Å². The topological polar surface area (TPSA) is 87.7 Å². The summed E-state index contributed by atoms with van der Waals surface area (Å²) < 4.78 is 33.0. The Balaban J connectivity index is 2.25. The molecule has 1 amide bonds. The zero-order chi connectivity index (χ0) is 22.3. The third-order valence-electron chi connectivity index (χ3n) is 4.46. The van der Waals surface area contributed by atoms with Gasteiger partial charge in [-0.1, -0.05) is 25.4 Å². The lowest BCUT2D eigenvalue weighted by molar-refractivity contribution is -0.116. The lowest BCUT2D eigenvalue weighted by Crippen LogP contribution is -2.32. The van der Waals surface area contributed by atoms with Crippen LogP contribution in [0.3, 0.4) is 0 Å². The van der Waals surface area contributed by atoms with Gasteiger partial charge in [0.1, 0.15) is 16.7 Å². The van der Waals surface area contributed by atoms with Crippen LogP contribution in [0.15, 0.2) is 47.4 Å². The highest BCUT2D eigenvalue weighted by atomic mass is 35.5. The molecule has 0 aliphatic heterocycles. The van der Waals surface area contributed by atoms with Crippen molar-refractivity contribution in [3.63, 3.8) is 0 Å². The van der Waals surface area contributed by atoms with Gasteiger partial charge in [0, 0.05) is 29.5 Å². The predicted molar refractivity (Wildman–Crippen MR) is 121 cm³/mol. The van der Waals surface area contributed by atoms with Gasteiger partial charge in [-0.3, -0.25) is 4.79 Å². The standard InChI is InChI=1S/C21H28ClN3O4S/c1-5-25(6-2)30(27,28)20-14-18(12-13-19(20)29-7-3)23-15(4)21(26)24-17-10-8-16(22)9-11-17/h8-15,23H,5-7H2,1-4H3,(H,24,26)/t15-/m0/s1. The van der Waals surface area contributed by atoms with Crippen LogP contribution in [0.1, 0.15) is 27.7 Å². The summed E-state index contributed by atoms with van der Waals surface area (Å²) in [5.41, 5.74) is 1.12. The molecule has 9 heteroatoms. The predicted octanol–water partition coefficient (Wildman–Crippen LogP) is 4.21. The third kappa shape index (κ3) is 5.87. The Morgan fingerprint density at radius 1 is 1.07 bits per heavy atom. The zero-order valence-electron chi connectivity index (χ0n) is 17.6. The fourth-order valence-electron chi connectivity index (χ4n) is 2.88. The molecule has 7 nitrogen and oxygen atoms in total. The van der Waals surface area contributed by atoms with Crippen molar-refractivity contribution in [3.05, 3.63) is 47.5 Å². The van der Waals surface area contributed by atoms with Gasteiger partial charge in [-0.2, -0.15) is 4.31 Å². The van der Waals surface area contributed by atoms with E-state index in [0.717, 1.165) is 0 Å². The van der Waals surface area contributed by atoms with Crippen LogP contribution in [0.25, 0.3) is 0 Å². The maximum absolute atomic E-state index is 13.1. The van der Waals surface area contributed by atoms with Crippen LogP contribution in [0, 0.1) is 0 Å². The fraction of sp³-hybridized carbons (Fsp3) is 0.381. The third-order valence-corrected chi connectivity index (χ3v) is 6.78. The smallest absolute Gasteiger partial charge is 0.246 e. The summed E-state index contributed by atoms with van der Waals surface area (Å²) in [5.74, 6) is 0.0209. The fourth-order valence-corrected chi connectivity index (χ4v) is 4.62. The summed E-state index contributed by atoms with van der Waals surface area (Å²) in [5, 5.41) is 6.42. The first-order chi connectivity index (χ1) is 14.2. The molecule has 0 aromatic heterocycles. The molecule has 2 aromatic rings. The van der Waals surface area contributed by atoms with E-state index in [0.29, 0.717) is 36.1 Å². The van der Waals surface area contributed by atoms with Crippen LogP contribution >= 0.6 is 11.6 Å². The Bertz CT molecular complexity index is 961. The van der Waals surface area contributed by atoms with Crippen molar-refractivity contribution < 1.29 is 17.9 Å². The molecule has 2 N–H and O–H groups in total. The minimum atomic E-state index is -3.73. The van der Waals surface area contributed by atoms with Crippen molar-refractivity contribution in [1.82, 2.24) is 4.31 Å². The van der Waals surface area contributed by atoms with E-state index < -0.39 is 16.1 Å². The maximum Gasteiger partial charge on any atom is 0.246 e. The number of amides is 1. The summed E-state index contributed by atoms with van der Waals surface area (Å²) in [4.78, 5) is 12.6. The van der Waals surface area contributed by atoms with E-state index in [1.54, 1.807) is 64.1 Å². The van der Waals surface area contributed by atoms with E-state index in [9.17, 15) is 13.2 Å². The Hall–Kier alpha value is -2.29. The second-order valence-corrected chi connectivity index (χ2v) is 8.89. The largest absolute Gasteiger partial charge is 0.492 e. The van der Waals surface area contributed by atoms with E-state index in [1.807, 2.05) is 0 Å². The van der Waals surface area contributed by atoms with Gasteiger partial charge in [0.25, 0.3) is 0 Å². The first-order valence-electron chi connectivity index (χ1n) is 9.82. The molecule has 1 atom stereocenters. The van der Waals surface area contributed by atoms with Crippen LogP contribution < -0.4 is 15.4 Å². The number of hydrogen-bond donors (Lipinski definition) is 2. The number of sulfonamides is 1. The molecular weight excluding hydrogens is 426 g/mol. The van der Waals surface area contributed by atoms with Crippen LogP contribution in [0.4, 0.5) is 11.4 Å². The number of anilines is 2.